The van der Waals surface area contributed by atoms with Crippen molar-refractivity contribution in [3.8, 4) is 0 Å². The molecule has 15 heavy (non-hydrogen) atoms. The molecule has 4 atom stereocenters. The fourth-order valence-corrected chi connectivity index (χ4v) is 1.79. The fourth-order valence-electron chi connectivity index (χ4n) is 1.79. The summed E-state index contributed by atoms with van der Waals surface area (Å²) >= 11 is 0. The van der Waals surface area contributed by atoms with Gasteiger partial charge in [0.2, 0.25) is 5.91 Å². The van der Waals surface area contributed by atoms with Crippen LogP contribution in [0.2, 0.25) is 0 Å². The third-order valence-electron chi connectivity index (χ3n) is 2.60. The van der Waals surface area contributed by atoms with Gasteiger partial charge in [0, 0.05) is 20.5 Å². The topological polar surface area (TPSA) is 67.8 Å². The third kappa shape index (κ3) is 3.15. The Kier molecular flexibility index (Phi) is 4.50. The molecule has 1 aliphatic rings. The van der Waals surface area contributed by atoms with Gasteiger partial charge in [-0.2, -0.15) is 0 Å². The molecule has 2 N–H and O–H groups in total. The molecule has 1 fully saturated rings. The molecule has 0 aromatic rings. The third-order valence-corrected chi connectivity index (χ3v) is 2.60. The molecule has 0 aromatic carbocycles. The highest BCUT2D eigenvalue weighted by atomic mass is 16.7. The van der Waals surface area contributed by atoms with Gasteiger partial charge >= 0.3 is 0 Å². The Hall–Kier alpha value is -0.650. The molecule has 0 radical (unpaired) electrons. The average Bonchev–Trinajstić information content (AvgIpc) is 2.20. The molecule has 5 nitrogen and oxygen atoms in total. The van der Waals surface area contributed by atoms with Crippen LogP contribution in [0.5, 0.6) is 0 Å². The van der Waals surface area contributed by atoms with Crippen LogP contribution in [0.1, 0.15) is 26.7 Å². The van der Waals surface area contributed by atoms with Crippen LogP contribution in [0.15, 0.2) is 0 Å². The molecule has 88 valence electrons. The smallest absolute Gasteiger partial charge is 0.217 e. The second-order valence-electron chi connectivity index (χ2n) is 3.80. The lowest BCUT2D eigenvalue weighted by Crippen LogP contribution is -2.57. The van der Waals surface area contributed by atoms with Gasteiger partial charge < -0.3 is 19.9 Å². The zero-order valence-electron chi connectivity index (χ0n) is 9.40. The summed E-state index contributed by atoms with van der Waals surface area (Å²) in [6, 6.07) is -0.477. The van der Waals surface area contributed by atoms with Gasteiger partial charge in [0.25, 0.3) is 0 Å². The van der Waals surface area contributed by atoms with Crippen molar-refractivity contribution in [1.82, 2.24) is 5.32 Å². The predicted molar refractivity (Wildman–Crippen MR) is 54.2 cm³/mol. The van der Waals surface area contributed by atoms with Crippen molar-refractivity contribution in [3.63, 3.8) is 0 Å². The summed E-state index contributed by atoms with van der Waals surface area (Å²) in [7, 11) is 1.50. The fraction of sp³-hybridized carbons (Fsp3) is 0.900. The predicted octanol–water partition coefficient (Wildman–Crippen LogP) is 0.0234. The Balaban J connectivity index is 2.64. The minimum Gasteiger partial charge on any atom is -0.391 e. The summed E-state index contributed by atoms with van der Waals surface area (Å²) in [6.45, 7) is 3.40. The van der Waals surface area contributed by atoms with Crippen LogP contribution in [-0.4, -0.2) is 42.7 Å². The number of carbonyl (C=O) groups is 1. The van der Waals surface area contributed by atoms with Crippen molar-refractivity contribution in [2.45, 2.75) is 51.2 Å². The minimum atomic E-state index is -0.613. The Bertz CT molecular complexity index is 221. The molecule has 1 saturated heterocycles. The lowest BCUT2D eigenvalue weighted by molar-refractivity contribution is -0.220. The van der Waals surface area contributed by atoms with E-state index >= 15 is 0 Å². The van der Waals surface area contributed by atoms with Crippen molar-refractivity contribution >= 4 is 5.91 Å². The lowest BCUT2D eigenvalue weighted by Gasteiger charge is -2.38. The van der Waals surface area contributed by atoms with Crippen molar-refractivity contribution in [1.29, 1.82) is 0 Å². The summed E-state index contributed by atoms with van der Waals surface area (Å²) in [5.74, 6) is -0.195. The molecular formula is C10H19NO4. The van der Waals surface area contributed by atoms with E-state index in [9.17, 15) is 9.90 Å². The molecule has 0 aliphatic carbocycles. The van der Waals surface area contributed by atoms with E-state index < -0.39 is 18.4 Å². The zero-order chi connectivity index (χ0) is 11.4. The van der Waals surface area contributed by atoms with Crippen LogP contribution >= 0.6 is 0 Å². The van der Waals surface area contributed by atoms with Gasteiger partial charge in [-0.3, -0.25) is 4.79 Å². The molecule has 4 unspecified atom stereocenters. The number of rotatable bonds is 3. The summed E-state index contributed by atoms with van der Waals surface area (Å²) in [5, 5.41) is 12.5. The molecular weight excluding hydrogens is 198 g/mol. The van der Waals surface area contributed by atoms with Crippen molar-refractivity contribution < 1.29 is 19.4 Å². The molecule has 5 heteroatoms. The maximum Gasteiger partial charge on any atom is 0.217 e. The van der Waals surface area contributed by atoms with Crippen LogP contribution in [0.25, 0.3) is 0 Å². The van der Waals surface area contributed by atoms with Gasteiger partial charge in [0.05, 0.1) is 12.2 Å². The van der Waals surface area contributed by atoms with E-state index in [4.69, 9.17) is 9.47 Å². The number of methoxy groups -OCH3 is 1. The molecule has 1 rings (SSSR count). The molecule has 0 bridgehead atoms. The van der Waals surface area contributed by atoms with E-state index in [1.54, 1.807) is 0 Å². The number of carbonyl (C=O) groups excluding carboxylic acids is 1. The van der Waals surface area contributed by atoms with E-state index in [2.05, 4.69) is 5.32 Å². The second-order valence-corrected chi connectivity index (χ2v) is 3.80. The summed E-state index contributed by atoms with van der Waals surface area (Å²) in [5.41, 5.74) is 0. The van der Waals surface area contributed by atoms with Crippen molar-refractivity contribution in [2.75, 3.05) is 7.11 Å². The number of amides is 1. The van der Waals surface area contributed by atoms with Crippen LogP contribution in [-0.2, 0) is 14.3 Å². The van der Waals surface area contributed by atoms with Gasteiger partial charge in [-0.05, 0) is 6.42 Å². The zero-order valence-corrected chi connectivity index (χ0v) is 9.40. The SMILES string of the molecule is CCC1CC(O)C(NC(C)=O)C(OC)O1. The lowest BCUT2D eigenvalue weighted by atomic mass is 9.98. The Morgan fingerprint density at radius 3 is 2.80 bits per heavy atom. The molecule has 0 saturated carbocycles. The number of hydrogen-bond donors (Lipinski definition) is 2. The van der Waals surface area contributed by atoms with E-state index in [1.165, 1.54) is 14.0 Å². The largest absolute Gasteiger partial charge is 0.391 e. The first kappa shape index (κ1) is 12.4. The Morgan fingerprint density at radius 1 is 1.67 bits per heavy atom. The Morgan fingerprint density at radius 2 is 2.33 bits per heavy atom. The van der Waals surface area contributed by atoms with Crippen LogP contribution in [0, 0.1) is 0 Å². The number of aliphatic hydroxyl groups is 1. The van der Waals surface area contributed by atoms with Crippen LogP contribution < -0.4 is 5.32 Å². The highest BCUT2D eigenvalue weighted by molar-refractivity contribution is 5.73. The Labute approximate surface area is 89.8 Å². The first-order valence-electron chi connectivity index (χ1n) is 5.21. The standard InChI is InChI=1S/C10H19NO4/c1-4-7-5-8(13)9(11-6(2)12)10(14-3)15-7/h7-10,13H,4-5H2,1-3H3,(H,11,12). The van der Waals surface area contributed by atoms with E-state index in [0.717, 1.165) is 6.42 Å². The van der Waals surface area contributed by atoms with Gasteiger partial charge in [-0.1, -0.05) is 6.92 Å². The van der Waals surface area contributed by atoms with Crippen LogP contribution in [0.3, 0.4) is 0 Å². The van der Waals surface area contributed by atoms with E-state index in [1.807, 2.05) is 6.92 Å². The van der Waals surface area contributed by atoms with Crippen molar-refractivity contribution in [3.05, 3.63) is 0 Å². The number of ether oxygens (including phenoxy) is 2. The first-order valence-corrected chi connectivity index (χ1v) is 5.21. The monoisotopic (exact) mass is 217 g/mol. The maximum atomic E-state index is 10.9. The molecule has 1 amide bonds. The highest BCUT2D eigenvalue weighted by Gasteiger charge is 2.37. The maximum absolute atomic E-state index is 10.9. The number of hydrogen-bond acceptors (Lipinski definition) is 4. The summed E-state index contributed by atoms with van der Waals surface area (Å²) in [6.07, 6.45) is 0.167. The number of nitrogens with one attached hydrogen (secondary N) is 1. The molecule has 0 aromatic heterocycles. The van der Waals surface area contributed by atoms with Gasteiger partial charge in [-0.25, -0.2) is 0 Å². The molecule has 0 spiro atoms. The first-order chi connectivity index (χ1) is 7.08. The van der Waals surface area contributed by atoms with E-state index in [0.29, 0.717) is 6.42 Å². The normalized spacial score (nSPS) is 36.3. The average molecular weight is 217 g/mol. The van der Waals surface area contributed by atoms with Crippen LogP contribution in [0.4, 0.5) is 0 Å². The van der Waals surface area contributed by atoms with Crippen molar-refractivity contribution in [2.24, 2.45) is 0 Å². The minimum absolute atomic E-state index is 0.00467. The van der Waals surface area contributed by atoms with E-state index in [-0.39, 0.29) is 12.0 Å². The van der Waals surface area contributed by atoms with Gasteiger partial charge in [0.15, 0.2) is 6.29 Å². The second kappa shape index (κ2) is 5.44. The molecule has 1 aliphatic heterocycles. The highest BCUT2D eigenvalue weighted by Crippen LogP contribution is 2.22. The molecule has 1 heterocycles. The van der Waals surface area contributed by atoms with Gasteiger partial charge in [0.1, 0.15) is 6.04 Å². The number of aliphatic hydroxyl groups excluding tert-OH is 1. The van der Waals surface area contributed by atoms with Gasteiger partial charge in [-0.15, -0.1) is 0 Å². The summed E-state index contributed by atoms with van der Waals surface area (Å²) < 4.78 is 10.7. The summed E-state index contributed by atoms with van der Waals surface area (Å²) in [4.78, 5) is 10.9. The quantitative estimate of drug-likeness (QED) is 0.699.